The summed E-state index contributed by atoms with van der Waals surface area (Å²) >= 11 is 1.28. The third kappa shape index (κ3) is 4.02. The summed E-state index contributed by atoms with van der Waals surface area (Å²) in [7, 11) is 3.01. The van der Waals surface area contributed by atoms with Crippen LogP contribution in [-0.4, -0.2) is 42.4 Å². The van der Waals surface area contributed by atoms with E-state index >= 15 is 0 Å². The Bertz CT molecular complexity index is 1260. The molecule has 0 spiro atoms. The van der Waals surface area contributed by atoms with Crippen molar-refractivity contribution in [2.45, 2.75) is 6.92 Å². The number of methoxy groups -OCH3 is 2. The molecule has 0 atom stereocenters. The molecule has 4 aromatic rings. The van der Waals surface area contributed by atoms with E-state index in [1.165, 1.54) is 25.6 Å². The molecule has 4 rings (SSSR count). The molecular weight excluding hydrogens is 416 g/mol. The van der Waals surface area contributed by atoms with E-state index in [1.54, 1.807) is 28.9 Å². The number of rotatable bonds is 7. The number of aryl methyl sites for hydroxylation is 1. The zero-order chi connectivity index (χ0) is 22.0. The van der Waals surface area contributed by atoms with Gasteiger partial charge in [0.2, 0.25) is 0 Å². The molecule has 2 aromatic carbocycles. The van der Waals surface area contributed by atoms with Crippen molar-refractivity contribution in [2.24, 2.45) is 0 Å². The number of carbonyl (C=O) groups excluding carboxylic acids is 2. The molecule has 8 heteroatoms. The molecule has 0 saturated carbocycles. The molecule has 0 fully saturated rings. The van der Waals surface area contributed by atoms with Crippen LogP contribution < -0.4 is 9.47 Å². The number of ether oxygens (including phenoxy) is 3. The molecule has 2 aromatic heterocycles. The van der Waals surface area contributed by atoms with Crippen LogP contribution in [0.4, 0.5) is 0 Å². The topological polar surface area (TPSA) is 79.7 Å². The van der Waals surface area contributed by atoms with Gasteiger partial charge in [0.05, 0.1) is 25.6 Å². The van der Waals surface area contributed by atoms with Crippen molar-refractivity contribution in [2.75, 3.05) is 20.8 Å². The van der Waals surface area contributed by atoms with Gasteiger partial charge < -0.3 is 14.2 Å². The molecular formula is C23H20N2O5S. The number of Topliss-reactive ketones (excluding diaryl/α,β-unsaturated/α-hetero) is 1. The quantitative estimate of drug-likeness (QED) is 0.315. The SMILES string of the molecule is COc1ccc(C(=O)COC(=O)c2cc3c(C)nn(-c4ccccc4)c3s2)cc1OC. The minimum atomic E-state index is -0.547. The fraction of sp³-hybridized carbons (Fsp3) is 0.174. The van der Waals surface area contributed by atoms with E-state index in [0.29, 0.717) is 21.9 Å². The number of nitrogens with zero attached hydrogens (tertiary/aromatic N) is 2. The second kappa shape index (κ2) is 8.61. The van der Waals surface area contributed by atoms with Gasteiger partial charge in [-0.15, -0.1) is 11.3 Å². The van der Waals surface area contributed by atoms with Crippen molar-refractivity contribution >= 4 is 33.3 Å². The van der Waals surface area contributed by atoms with Crippen LogP contribution in [0, 0.1) is 6.92 Å². The lowest BCUT2D eigenvalue weighted by molar-refractivity contribution is 0.0479. The summed E-state index contributed by atoms with van der Waals surface area (Å²) in [6.45, 7) is 1.52. The van der Waals surface area contributed by atoms with E-state index in [-0.39, 0.29) is 12.4 Å². The number of thiophene rings is 1. The van der Waals surface area contributed by atoms with E-state index in [1.807, 2.05) is 37.3 Å². The van der Waals surface area contributed by atoms with Gasteiger partial charge in [0, 0.05) is 10.9 Å². The van der Waals surface area contributed by atoms with Crippen LogP contribution in [0.15, 0.2) is 54.6 Å². The number of fused-ring (bicyclic) bond motifs is 1. The lowest BCUT2D eigenvalue weighted by atomic mass is 10.1. The highest BCUT2D eigenvalue weighted by atomic mass is 32.1. The third-order valence-electron chi connectivity index (χ3n) is 4.79. The highest BCUT2D eigenvalue weighted by Crippen LogP contribution is 2.31. The van der Waals surface area contributed by atoms with Gasteiger partial charge in [0.25, 0.3) is 0 Å². The molecule has 7 nitrogen and oxygen atoms in total. The molecule has 0 aliphatic heterocycles. The molecule has 0 radical (unpaired) electrons. The van der Waals surface area contributed by atoms with Gasteiger partial charge in [0.15, 0.2) is 23.9 Å². The van der Waals surface area contributed by atoms with Crippen molar-refractivity contribution in [1.82, 2.24) is 9.78 Å². The second-order valence-corrected chi connectivity index (χ2v) is 7.76. The lowest BCUT2D eigenvalue weighted by Crippen LogP contribution is -2.13. The van der Waals surface area contributed by atoms with E-state index < -0.39 is 5.97 Å². The van der Waals surface area contributed by atoms with Gasteiger partial charge >= 0.3 is 5.97 Å². The van der Waals surface area contributed by atoms with Crippen LogP contribution in [-0.2, 0) is 4.74 Å². The van der Waals surface area contributed by atoms with Gasteiger partial charge in [-0.25, -0.2) is 9.48 Å². The van der Waals surface area contributed by atoms with Crippen LogP contribution in [0.2, 0.25) is 0 Å². The molecule has 0 aliphatic carbocycles. The van der Waals surface area contributed by atoms with Crippen molar-refractivity contribution < 1.29 is 23.8 Å². The van der Waals surface area contributed by atoms with Crippen molar-refractivity contribution in [3.8, 4) is 17.2 Å². The Labute approximate surface area is 182 Å². The number of benzene rings is 2. The van der Waals surface area contributed by atoms with E-state index in [2.05, 4.69) is 5.10 Å². The maximum atomic E-state index is 12.6. The van der Waals surface area contributed by atoms with Crippen LogP contribution in [0.5, 0.6) is 11.5 Å². The Morgan fingerprint density at radius 2 is 1.74 bits per heavy atom. The summed E-state index contributed by atoms with van der Waals surface area (Å²) in [5, 5.41) is 5.45. The van der Waals surface area contributed by atoms with Crippen molar-refractivity contribution in [1.29, 1.82) is 0 Å². The molecule has 158 valence electrons. The Balaban J connectivity index is 1.51. The lowest BCUT2D eigenvalue weighted by Gasteiger charge is -2.09. The number of hydrogen-bond donors (Lipinski definition) is 0. The maximum Gasteiger partial charge on any atom is 0.348 e. The van der Waals surface area contributed by atoms with Gasteiger partial charge in [-0.1, -0.05) is 18.2 Å². The molecule has 0 amide bonds. The largest absolute Gasteiger partial charge is 0.493 e. The van der Waals surface area contributed by atoms with Crippen molar-refractivity contribution in [3.63, 3.8) is 0 Å². The molecule has 2 heterocycles. The normalized spacial score (nSPS) is 10.8. The smallest absolute Gasteiger partial charge is 0.348 e. The number of para-hydroxylation sites is 1. The first-order valence-corrected chi connectivity index (χ1v) is 10.3. The summed E-state index contributed by atoms with van der Waals surface area (Å²) in [5.41, 5.74) is 2.10. The summed E-state index contributed by atoms with van der Waals surface area (Å²) < 4.78 is 17.5. The molecule has 0 saturated heterocycles. The minimum Gasteiger partial charge on any atom is -0.493 e. The second-order valence-electron chi connectivity index (χ2n) is 6.73. The summed E-state index contributed by atoms with van der Waals surface area (Å²) in [6, 6.07) is 16.3. The summed E-state index contributed by atoms with van der Waals surface area (Å²) in [4.78, 5) is 26.3. The molecule has 0 aliphatic rings. The molecule has 0 N–H and O–H groups in total. The first-order chi connectivity index (χ1) is 15.0. The van der Waals surface area contributed by atoms with Gasteiger partial charge in [0.1, 0.15) is 9.71 Å². The first kappa shape index (κ1) is 20.6. The fourth-order valence-corrected chi connectivity index (χ4v) is 4.26. The fourth-order valence-electron chi connectivity index (χ4n) is 3.19. The third-order valence-corrected chi connectivity index (χ3v) is 5.88. The van der Waals surface area contributed by atoms with E-state index in [0.717, 1.165) is 21.6 Å². The van der Waals surface area contributed by atoms with E-state index in [4.69, 9.17) is 14.2 Å². The minimum absolute atomic E-state index is 0.331. The summed E-state index contributed by atoms with van der Waals surface area (Å²) in [5.74, 6) is 0.0744. The predicted octanol–water partition coefficient (Wildman–Crippen LogP) is 4.45. The molecule has 31 heavy (non-hydrogen) atoms. The zero-order valence-electron chi connectivity index (χ0n) is 17.2. The molecule has 0 unspecified atom stereocenters. The molecule has 0 bridgehead atoms. The summed E-state index contributed by atoms with van der Waals surface area (Å²) in [6.07, 6.45) is 0. The number of carbonyl (C=O) groups is 2. The average molecular weight is 436 g/mol. The van der Waals surface area contributed by atoms with Gasteiger partial charge in [-0.3, -0.25) is 4.79 Å². The Hall–Kier alpha value is -3.65. The number of esters is 1. The van der Waals surface area contributed by atoms with Crippen LogP contribution in [0.1, 0.15) is 25.7 Å². The van der Waals surface area contributed by atoms with Crippen molar-refractivity contribution in [3.05, 3.63) is 70.7 Å². The van der Waals surface area contributed by atoms with Crippen LogP contribution in [0.25, 0.3) is 15.9 Å². The highest BCUT2D eigenvalue weighted by Gasteiger charge is 2.19. The van der Waals surface area contributed by atoms with Gasteiger partial charge in [-0.05, 0) is 43.3 Å². The standard InChI is InChI=1S/C23H20N2O5S/c1-14-17-12-21(31-22(17)25(24-14)16-7-5-4-6-8-16)23(27)30-13-18(26)15-9-10-19(28-2)20(11-15)29-3/h4-12H,13H2,1-3H3. The van der Waals surface area contributed by atoms with Gasteiger partial charge in [-0.2, -0.15) is 5.10 Å². The monoisotopic (exact) mass is 436 g/mol. The highest BCUT2D eigenvalue weighted by molar-refractivity contribution is 7.20. The maximum absolute atomic E-state index is 12.6. The predicted molar refractivity (Wildman–Crippen MR) is 118 cm³/mol. The number of hydrogen-bond acceptors (Lipinski definition) is 7. The Morgan fingerprint density at radius 3 is 2.45 bits per heavy atom. The zero-order valence-corrected chi connectivity index (χ0v) is 18.1. The average Bonchev–Trinajstić information content (AvgIpc) is 3.38. The Kier molecular flexibility index (Phi) is 5.73. The van der Waals surface area contributed by atoms with Crippen LogP contribution >= 0.6 is 11.3 Å². The number of ketones is 1. The van der Waals surface area contributed by atoms with E-state index in [9.17, 15) is 9.59 Å². The Morgan fingerprint density at radius 1 is 1.00 bits per heavy atom. The number of aromatic nitrogens is 2. The van der Waals surface area contributed by atoms with Crippen LogP contribution in [0.3, 0.4) is 0 Å². The first-order valence-electron chi connectivity index (χ1n) is 9.48.